The van der Waals surface area contributed by atoms with E-state index in [2.05, 4.69) is 40.3 Å². The Balaban J connectivity index is 1.53. The lowest BCUT2D eigenvalue weighted by molar-refractivity contribution is -0.118. The third-order valence-electron chi connectivity index (χ3n) is 5.37. The van der Waals surface area contributed by atoms with Crippen LogP contribution in [0.5, 0.6) is 0 Å². The predicted molar refractivity (Wildman–Crippen MR) is 134 cm³/mol. The van der Waals surface area contributed by atoms with Crippen molar-refractivity contribution in [2.45, 2.75) is 39.4 Å². The van der Waals surface area contributed by atoms with E-state index < -0.39 is 6.04 Å². The summed E-state index contributed by atoms with van der Waals surface area (Å²) in [6, 6.07) is 26.5. The number of nitrogens with one attached hydrogen (secondary N) is 4. The van der Waals surface area contributed by atoms with Crippen LogP contribution in [0.15, 0.2) is 84.9 Å². The lowest BCUT2D eigenvalue weighted by Gasteiger charge is -2.22. The number of hydrogen-bond acceptors (Lipinski definition) is 3. The van der Waals surface area contributed by atoms with Crippen molar-refractivity contribution in [3.05, 3.63) is 96.1 Å². The molecule has 33 heavy (non-hydrogen) atoms. The van der Waals surface area contributed by atoms with E-state index in [-0.39, 0.29) is 23.9 Å². The number of anilines is 2. The Bertz CT molecular complexity index is 1020. The molecule has 0 bridgehead atoms. The van der Waals surface area contributed by atoms with Crippen molar-refractivity contribution in [2.24, 2.45) is 5.92 Å². The fourth-order valence-electron chi connectivity index (χ4n) is 3.45. The van der Waals surface area contributed by atoms with E-state index in [1.54, 1.807) is 0 Å². The van der Waals surface area contributed by atoms with Gasteiger partial charge in [-0.05, 0) is 48.2 Å². The van der Waals surface area contributed by atoms with Crippen molar-refractivity contribution in [1.29, 1.82) is 0 Å². The second kappa shape index (κ2) is 11.7. The van der Waals surface area contributed by atoms with Gasteiger partial charge in [-0.2, -0.15) is 0 Å². The second-order valence-corrected chi connectivity index (χ2v) is 8.38. The molecule has 172 valence electrons. The van der Waals surface area contributed by atoms with Gasteiger partial charge in [0.2, 0.25) is 5.91 Å². The van der Waals surface area contributed by atoms with Crippen LogP contribution in [0, 0.1) is 5.92 Å². The number of urea groups is 1. The van der Waals surface area contributed by atoms with Gasteiger partial charge < -0.3 is 21.3 Å². The standard InChI is InChI=1S/C27H32N4O2/c1-19(2)25(31-27(33)28-18-21-10-6-4-7-11-21)26(32)30-24-16-14-23(15-17-24)29-20(3)22-12-8-5-9-13-22/h4-17,19-20,25,29H,18H2,1-3H3,(H,30,32)(H2,28,31,33). The molecule has 6 heteroatoms. The molecule has 0 radical (unpaired) electrons. The molecule has 0 fully saturated rings. The Morgan fingerprint density at radius 1 is 0.758 bits per heavy atom. The Morgan fingerprint density at radius 3 is 1.94 bits per heavy atom. The minimum absolute atomic E-state index is 0.0693. The van der Waals surface area contributed by atoms with Crippen LogP contribution in [0.1, 0.15) is 37.9 Å². The van der Waals surface area contributed by atoms with Gasteiger partial charge in [-0.25, -0.2) is 4.79 Å². The highest BCUT2D eigenvalue weighted by Gasteiger charge is 2.24. The largest absolute Gasteiger partial charge is 0.379 e. The lowest BCUT2D eigenvalue weighted by Crippen LogP contribution is -2.50. The van der Waals surface area contributed by atoms with Crippen LogP contribution in [0.4, 0.5) is 16.2 Å². The van der Waals surface area contributed by atoms with E-state index in [9.17, 15) is 9.59 Å². The SMILES string of the molecule is CC(Nc1ccc(NC(=O)C(NC(=O)NCc2ccccc2)C(C)C)cc1)c1ccccc1. The maximum Gasteiger partial charge on any atom is 0.315 e. The third-order valence-corrected chi connectivity index (χ3v) is 5.37. The van der Waals surface area contributed by atoms with E-state index in [4.69, 9.17) is 0 Å². The molecule has 0 aliphatic carbocycles. The van der Waals surface area contributed by atoms with Gasteiger partial charge in [0, 0.05) is 24.0 Å². The Morgan fingerprint density at radius 2 is 1.33 bits per heavy atom. The van der Waals surface area contributed by atoms with Crippen molar-refractivity contribution < 1.29 is 9.59 Å². The average molecular weight is 445 g/mol. The first-order valence-electron chi connectivity index (χ1n) is 11.2. The fraction of sp³-hybridized carbons (Fsp3) is 0.259. The van der Waals surface area contributed by atoms with Gasteiger partial charge in [-0.1, -0.05) is 74.5 Å². The molecule has 4 N–H and O–H groups in total. The number of carbonyl (C=O) groups excluding carboxylic acids is 2. The van der Waals surface area contributed by atoms with Gasteiger partial charge in [0.25, 0.3) is 0 Å². The first kappa shape index (κ1) is 23.9. The number of hydrogen-bond donors (Lipinski definition) is 4. The van der Waals surface area contributed by atoms with E-state index in [0.717, 1.165) is 11.3 Å². The number of amides is 3. The molecule has 2 atom stereocenters. The predicted octanol–water partition coefficient (Wildman–Crippen LogP) is 5.32. The van der Waals surface area contributed by atoms with Gasteiger partial charge in [-0.3, -0.25) is 4.79 Å². The van der Waals surface area contributed by atoms with Crippen LogP contribution in [-0.4, -0.2) is 18.0 Å². The highest BCUT2D eigenvalue weighted by molar-refractivity contribution is 5.97. The molecule has 2 unspecified atom stereocenters. The van der Waals surface area contributed by atoms with Crippen molar-refractivity contribution in [3.8, 4) is 0 Å². The van der Waals surface area contributed by atoms with Gasteiger partial charge in [0.15, 0.2) is 0 Å². The first-order chi connectivity index (χ1) is 15.9. The van der Waals surface area contributed by atoms with Crippen LogP contribution in [0.2, 0.25) is 0 Å². The molecule has 0 saturated heterocycles. The number of carbonyl (C=O) groups is 2. The molecular weight excluding hydrogens is 412 g/mol. The summed E-state index contributed by atoms with van der Waals surface area (Å²) in [5.74, 6) is -0.321. The summed E-state index contributed by atoms with van der Waals surface area (Å²) >= 11 is 0. The molecule has 0 aliphatic heterocycles. The van der Waals surface area contributed by atoms with Crippen molar-refractivity contribution in [2.75, 3.05) is 10.6 Å². The molecule has 0 heterocycles. The molecule has 6 nitrogen and oxygen atoms in total. The Kier molecular flexibility index (Phi) is 8.47. The van der Waals surface area contributed by atoms with Gasteiger partial charge in [0.05, 0.1) is 0 Å². The smallest absolute Gasteiger partial charge is 0.315 e. The summed E-state index contributed by atoms with van der Waals surface area (Å²) in [7, 11) is 0. The Labute approximate surface area is 195 Å². The van der Waals surface area contributed by atoms with E-state index in [0.29, 0.717) is 12.2 Å². The second-order valence-electron chi connectivity index (χ2n) is 8.38. The first-order valence-corrected chi connectivity index (χ1v) is 11.2. The van der Waals surface area contributed by atoms with Crippen LogP contribution < -0.4 is 21.3 Å². The number of benzene rings is 3. The van der Waals surface area contributed by atoms with Crippen molar-refractivity contribution in [1.82, 2.24) is 10.6 Å². The quantitative estimate of drug-likeness (QED) is 0.360. The molecule has 3 rings (SSSR count). The third kappa shape index (κ3) is 7.38. The lowest BCUT2D eigenvalue weighted by atomic mass is 10.0. The fourth-order valence-corrected chi connectivity index (χ4v) is 3.45. The molecular formula is C27H32N4O2. The number of rotatable bonds is 9. The molecule has 0 aliphatic rings. The molecule has 0 aromatic heterocycles. The monoisotopic (exact) mass is 444 g/mol. The van der Waals surface area contributed by atoms with Crippen LogP contribution in [0.25, 0.3) is 0 Å². The van der Waals surface area contributed by atoms with Gasteiger partial charge >= 0.3 is 6.03 Å². The summed E-state index contributed by atoms with van der Waals surface area (Å²) < 4.78 is 0. The van der Waals surface area contributed by atoms with Gasteiger partial charge in [0.1, 0.15) is 6.04 Å². The van der Waals surface area contributed by atoms with Crippen LogP contribution >= 0.6 is 0 Å². The molecule has 3 amide bonds. The normalized spacial score (nSPS) is 12.5. The highest BCUT2D eigenvalue weighted by Crippen LogP contribution is 2.21. The van der Waals surface area contributed by atoms with Crippen molar-refractivity contribution >= 4 is 23.3 Å². The molecule has 3 aromatic carbocycles. The van der Waals surface area contributed by atoms with Crippen LogP contribution in [0.3, 0.4) is 0 Å². The van der Waals surface area contributed by atoms with Crippen molar-refractivity contribution in [3.63, 3.8) is 0 Å². The van der Waals surface area contributed by atoms with E-state index in [1.165, 1.54) is 5.56 Å². The summed E-state index contributed by atoms with van der Waals surface area (Å²) in [6.45, 7) is 6.31. The Hall–Kier alpha value is -3.80. The summed E-state index contributed by atoms with van der Waals surface area (Å²) in [4.78, 5) is 25.2. The van der Waals surface area contributed by atoms with Crippen LogP contribution in [-0.2, 0) is 11.3 Å². The summed E-state index contributed by atoms with van der Waals surface area (Å²) in [5.41, 5.74) is 3.83. The summed E-state index contributed by atoms with van der Waals surface area (Å²) in [5, 5.41) is 12.0. The minimum Gasteiger partial charge on any atom is -0.379 e. The molecule has 0 saturated carbocycles. The highest BCUT2D eigenvalue weighted by atomic mass is 16.2. The van der Waals surface area contributed by atoms with E-state index in [1.807, 2.05) is 86.6 Å². The average Bonchev–Trinajstić information content (AvgIpc) is 2.83. The maximum atomic E-state index is 12.8. The molecule has 3 aromatic rings. The zero-order chi connectivity index (χ0) is 23.6. The van der Waals surface area contributed by atoms with Gasteiger partial charge in [-0.15, -0.1) is 0 Å². The minimum atomic E-state index is -0.656. The van der Waals surface area contributed by atoms with E-state index >= 15 is 0 Å². The summed E-state index contributed by atoms with van der Waals surface area (Å²) in [6.07, 6.45) is 0. The zero-order valence-electron chi connectivity index (χ0n) is 19.3. The topological polar surface area (TPSA) is 82.3 Å². The molecule has 0 spiro atoms. The zero-order valence-corrected chi connectivity index (χ0v) is 19.3. The maximum absolute atomic E-state index is 12.8.